The van der Waals surface area contributed by atoms with Gasteiger partial charge in [0.25, 0.3) is 5.88 Å². The summed E-state index contributed by atoms with van der Waals surface area (Å²) in [5.41, 5.74) is 12.5. The van der Waals surface area contributed by atoms with Gasteiger partial charge >= 0.3 is 0 Å². The van der Waals surface area contributed by atoms with Crippen molar-refractivity contribution in [1.82, 2.24) is 0 Å². The lowest BCUT2D eigenvalue weighted by molar-refractivity contribution is -0.0612. The standard InChI is InChI=1S/C31H36FN3O2S/c1-5-8-26(34)12-9-21(4)29-14-13-27(24-10-11-25(16-33)28(32)15-24)31(38-29)23(6-2)17-35-30(7-3)37-20-22-18-36-19-22/h6,10-11,13-15,17,22,26,29H,3-5,8-9,12,18-20,34H2,1-2H3/b23-6+,35-17-. The number of ether oxygens (including phenoxy) is 2. The van der Waals surface area contributed by atoms with Gasteiger partial charge in [0.1, 0.15) is 11.9 Å². The molecule has 2 N–H and O–H groups in total. The van der Waals surface area contributed by atoms with Crippen LogP contribution in [-0.4, -0.2) is 37.3 Å². The molecule has 1 aromatic carbocycles. The highest BCUT2D eigenvalue weighted by molar-refractivity contribution is 8.04. The smallest absolute Gasteiger partial charge is 0.259 e. The number of allylic oxidation sites excluding steroid dienone is 4. The van der Waals surface area contributed by atoms with Crippen molar-refractivity contribution in [3.63, 3.8) is 0 Å². The molecule has 38 heavy (non-hydrogen) atoms. The van der Waals surface area contributed by atoms with Crippen LogP contribution in [0.4, 0.5) is 4.39 Å². The Morgan fingerprint density at radius 1 is 1.39 bits per heavy atom. The van der Waals surface area contributed by atoms with Crippen LogP contribution in [0, 0.1) is 23.1 Å². The number of nitrogens with two attached hydrogens (primary N) is 1. The Morgan fingerprint density at radius 2 is 2.18 bits per heavy atom. The third kappa shape index (κ3) is 7.93. The number of nitriles is 1. The quantitative estimate of drug-likeness (QED) is 0.130. The molecule has 0 spiro atoms. The monoisotopic (exact) mass is 533 g/mol. The van der Waals surface area contributed by atoms with Crippen molar-refractivity contribution >= 4 is 23.5 Å². The molecule has 2 aliphatic rings. The highest BCUT2D eigenvalue weighted by atomic mass is 32.2. The molecule has 2 unspecified atom stereocenters. The van der Waals surface area contributed by atoms with Crippen molar-refractivity contribution in [1.29, 1.82) is 5.26 Å². The van der Waals surface area contributed by atoms with Crippen molar-refractivity contribution in [2.75, 3.05) is 19.8 Å². The van der Waals surface area contributed by atoms with E-state index in [2.05, 4.69) is 36.9 Å². The summed E-state index contributed by atoms with van der Waals surface area (Å²) in [5.74, 6) is 0.115. The van der Waals surface area contributed by atoms with E-state index in [1.165, 1.54) is 12.1 Å². The molecule has 0 saturated carbocycles. The number of aliphatic imine (C=N–C) groups is 1. The molecular formula is C31H36FN3O2S. The molecule has 7 heteroatoms. The first kappa shape index (κ1) is 29.4. The molecule has 3 rings (SSSR count). The SMILES string of the molecule is C=C=C(/N=C\C(=C/C)C1=C(c2ccc(C#N)c(F)c2)C=CC(C(=C)CCC(N)CCC)S1)OCC1COC1. The number of benzene rings is 1. The highest BCUT2D eigenvalue weighted by Gasteiger charge is 2.23. The summed E-state index contributed by atoms with van der Waals surface area (Å²) >= 11 is 1.65. The third-order valence-corrected chi connectivity index (χ3v) is 7.87. The molecule has 2 heterocycles. The first-order valence-electron chi connectivity index (χ1n) is 12.9. The van der Waals surface area contributed by atoms with Gasteiger partial charge in [-0.05, 0) is 49.5 Å². The molecule has 0 radical (unpaired) electrons. The Balaban J connectivity index is 1.88. The van der Waals surface area contributed by atoms with Gasteiger partial charge in [-0.1, -0.05) is 62.1 Å². The summed E-state index contributed by atoms with van der Waals surface area (Å²) in [6, 6.07) is 6.73. The van der Waals surface area contributed by atoms with Gasteiger partial charge < -0.3 is 15.2 Å². The average Bonchev–Trinajstić information content (AvgIpc) is 2.90. The van der Waals surface area contributed by atoms with Crippen LogP contribution in [0.25, 0.3) is 5.57 Å². The van der Waals surface area contributed by atoms with E-state index in [0.29, 0.717) is 37.2 Å². The fraction of sp³-hybridized carbons (Fsp3) is 0.387. The lowest BCUT2D eigenvalue weighted by Crippen LogP contribution is -2.31. The number of thioether (sulfide) groups is 1. The number of halogens is 1. The second-order valence-electron chi connectivity index (χ2n) is 9.39. The van der Waals surface area contributed by atoms with E-state index in [-0.39, 0.29) is 16.9 Å². The zero-order valence-corrected chi connectivity index (χ0v) is 23.0. The van der Waals surface area contributed by atoms with Gasteiger partial charge in [-0.15, -0.1) is 11.8 Å². The second-order valence-corrected chi connectivity index (χ2v) is 10.5. The number of hydrogen-bond acceptors (Lipinski definition) is 6. The van der Waals surface area contributed by atoms with Gasteiger partial charge in [0.15, 0.2) is 0 Å². The van der Waals surface area contributed by atoms with Crippen LogP contribution in [0.2, 0.25) is 0 Å². The molecule has 0 aliphatic carbocycles. The largest absolute Gasteiger partial charge is 0.471 e. The molecule has 0 amide bonds. The normalized spacial score (nSPS) is 18.6. The predicted octanol–water partition coefficient (Wildman–Crippen LogP) is 6.85. The van der Waals surface area contributed by atoms with E-state index in [4.69, 9.17) is 20.5 Å². The van der Waals surface area contributed by atoms with Crippen LogP contribution >= 0.6 is 11.8 Å². The molecule has 1 fully saturated rings. The molecule has 5 nitrogen and oxygen atoms in total. The van der Waals surface area contributed by atoms with E-state index in [0.717, 1.165) is 47.3 Å². The maximum atomic E-state index is 14.6. The van der Waals surface area contributed by atoms with E-state index in [1.807, 2.05) is 25.1 Å². The Bertz CT molecular complexity index is 1230. The first-order valence-corrected chi connectivity index (χ1v) is 13.8. The van der Waals surface area contributed by atoms with Gasteiger partial charge in [-0.25, -0.2) is 9.38 Å². The lowest BCUT2D eigenvalue weighted by atomic mass is 9.97. The molecule has 2 atom stereocenters. The summed E-state index contributed by atoms with van der Waals surface area (Å²) in [4.78, 5) is 5.43. The highest BCUT2D eigenvalue weighted by Crippen LogP contribution is 2.43. The number of hydrogen-bond donors (Lipinski definition) is 1. The van der Waals surface area contributed by atoms with E-state index >= 15 is 0 Å². The van der Waals surface area contributed by atoms with Gasteiger partial charge in [0.2, 0.25) is 0 Å². The number of nitrogens with zero attached hydrogens (tertiary/aromatic N) is 2. The zero-order valence-electron chi connectivity index (χ0n) is 22.2. The van der Waals surface area contributed by atoms with E-state index in [1.54, 1.807) is 24.0 Å². The molecule has 1 aromatic rings. The zero-order chi connectivity index (χ0) is 27.5. The minimum atomic E-state index is -0.548. The van der Waals surface area contributed by atoms with Crippen LogP contribution in [-0.2, 0) is 9.47 Å². The van der Waals surface area contributed by atoms with Gasteiger partial charge in [0.05, 0.1) is 25.4 Å². The van der Waals surface area contributed by atoms with Crippen molar-refractivity contribution in [2.24, 2.45) is 16.6 Å². The molecule has 2 aliphatic heterocycles. The minimum Gasteiger partial charge on any atom is -0.471 e. The van der Waals surface area contributed by atoms with E-state index in [9.17, 15) is 4.39 Å². The van der Waals surface area contributed by atoms with Crippen molar-refractivity contribution in [2.45, 2.75) is 50.8 Å². The fourth-order valence-corrected chi connectivity index (χ4v) is 5.38. The summed E-state index contributed by atoms with van der Waals surface area (Å²) in [7, 11) is 0. The Kier molecular flexibility index (Phi) is 11.4. The maximum Gasteiger partial charge on any atom is 0.259 e. The topological polar surface area (TPSA) is 80.6 Å². The summed E-state index contributed by atoms with van der Waals surface area (Å²) in [6.45, 7) is 14.0. The van der Waals surface area contributed by atoms with Crippen LogP contribution in [0.15, 0.2) is 82.2 Å². The maximum absolute atomic E-state index is 14.6. The van der Waals surface area contributed by atoms with Crippen LogP contribution < -0.4 is 5.73 Å². The van der Waals surface area contributed by atoms with Crippen LogP contribution in [0.5, 0.6) is 0 Å². The molecule has 0 bridgehead atoms. The Labute approximate surface area is 230 Å². The van der Waals surface area contributed by atoms with Crippen molar-refractivity contribution in [3.8, 4) is 6.07 Å². The van der Waals surface area contributed by atoms with Crippen LogP contribution in [0.3, 0.4) is 0 Å². The first-order chi connectivity index (χ1) is 18.4. The summed E-state index contributed by atoms with van der Waals surface area (Å²) < 4.78 is 25.5. The molecule has 0 aromatic heterocycles. The Morgan fingerprint density at radius 3 is 2.79 bits per heavy atom. The fourth-order valence-electron chi connectivity index (χ4n) is 4.06. The van der Waals surface area contributed by atoms with E-state index < -0.39 is 5.82 Å². The van der Waals surface area contributed by atoms with Crippen molar-refractivity contribution in [3.05, 3.63) is 94.2 Å². The van der Waals surface area contributed by atoms with Crippen molar-refractivity contribution < 1.29 is 13.9 Å². The molecule has 1 saturated heterocycles. The third-order valence-electron chi connectivity index (χ3n) is 6.43. The molecule has 200 valence electrons. The second kappa shape index (κ2) is 14.7. The van der Waals surface area contributed by atoms with Gasteiger partial charge in [-0.3, -0.25) is 0 Å². The van der Waals surface area contributed by atoms with Gasteiger partial charge in [-0.2, -0.15) is 5.26 Å². The number of rotatable bonds is 13. The molecular weight excluding hydrogens is 497 g/mol. The average molecular weight is 534 g/mol. The lowest BCUT2D eigenvalue weighted by Gasteiger charge is -2.26. The predicted molar refractivity (Wildman–Crippen MR) is 155 cm³/mol. The summed E-state index contributed by atoms with van der Waals surface area (Å²) in [5, 5.41) is 9.20. The van der Waals surface area contributed by atoms with Crippen LogP contribution in [0.1, 0.15) is 50.7 Å². The minimum absolute atomic E-state index is 0.0145. The van der Waals surface area contributed by atoms with Gasteiger partial charge in [0, 0.05) is 33.9 Å². The Hall–Kier alpha value is -3.14. The summed E-state index contributed by atoms with van der Waals surface area (Å²) in [6.07, 6.45) is 11.6.